The molecule has 0 unspecified atom stereocenters. The van der Waals surface area contributed by atoms with Crippen LogP contribution in [0.25, 0.3) is 0 Å². The first-order valence-electron chi connectivity index (χ1n) is 10.5. The number of amides is 1. The highest BCUT2D eigenvalue weighted by Crippen LogP contribution is 2.34. The average molecular weight is 428 g/mol. The van der Waals surface area contributed by atoms with Gasteiger partial charge in [0.25, 0.3) is 0 Å². The summed E-state index contributed by atoms with van der Waals surface area (Å²) in [4.78, 5) is 27.6. The number of Topliss-reactive ketones (excluding diaryl/α,β-unsaturated/α-hetero) is 1. The van der Waals surface area contributed by atoms with Crippen molar-refractivity contribution < 1.29 is 23.8 Å². The van der Waals surface area contributed by atoms with Gasteiger partial charge in [0.1, 0.15) is 17.6 Å². The lowest BCUT2D eigenvalue weighted by Gasteiger charge is -2.36. The highest BCUT2D eigenvalue weighted by molar-refractivity contribution is 5.92. The molecule has 3 rings (SSSR count). The number of methoxy groups -OCH3 is 1. The van der Waals surface area contributed by atoms with Gasteiger partial charge in [-0.05, 0) is 52.3 Å². The second kappa shape index (κ2) is 9.18. The zero-order chi connectivity index (χ0) is 22.8. The number of nitrogens with zero attached hydrogens (tertiary/aromatic N) is 1. The molecule has 1 N–H and O–H groups in total. The largest absolute Gasteiger partial charge is 0.497 e. The van der Waals surface area contributed by atoms with Gasteiger partial charge in [-0.3, -0.25) is 9.59 Å². The molecule has 31 heavy (non-hydrogen) atoms. The third kappa shape index (κ3) is 4.96. The fourth-order valence-electron chi connectivity index (χ4n) is 4.16. The fourth-order valence-corrected chi connectivity index (χ4v) is 4.16. The maximum atomic E-state index is 14.6. The molecule has 1 amide bonds. The van der Waals surface area contributed by atoms with Crippen molar-refractivity contribution in [2.75, 3.05) is 20.3 Å². The Kier molecular flexibility index (Phi) is 6.80. The van der Waals surface area contributed by atoms with Crippen molar-refractivity contribution >= 4 is 11.7 Å². The zero-order valence-corrected chi connectivity index (χ0v) is 18.6. The predicted octanol–water partition coefficient (Wildman–Crippen LogP) is 3.75. The van der Waals surface area contributed by atoms with E-state index >= 15 is 0 Å². The number of hydrogen-bond donors (Lipinski definition) is 1. The van der Waals surface area contributed by atoms with E-state index in [0.29, 0.717) is 29.8 Å². The molecule has 1 atom stereocenters. The summed E-state index contributed by atoms with van der Waals surface area (Å²) in [6.45, 7) is 5.92. The Hall–Kier alpha value is -2.73. The number of aliphatic hydroxyl groups excluding tert-OH is 1. The van der Waals surface area contributed by atoms with Crippen LogP contribution in [0.5, 0.6) is 5.75 Å². The molecule has 166 valence electrons. The predicted molar refractivity (Wildman–Crippen MR) is 117 cm³/mol. The molecule has 2 aromatic rings. The molecule has 0 radical (unpaired) electrons. The van der Waals surface area contributed by atoms with Gasteiger partial charge in [0.15, 0.2) is 5.78 Å². The molecule has 6 heteroatoms. The standard InChI is InChI=1S/C25H30FNO4/c1-25(2,3)20-8-5-16(13-21(20)26)14-22(29)24-19-7-6-18(31-4)15-17(19)9-11-27(24)23(30)10-12-28/h5-8,13,15,24,28H,9-12,14H2,1-4H3/t24-/m1/s1. The van der Waals surface area contributed by atoms with Crippen molar-refractivity contribution in [3.63, 3.8) is 0 Å². The monoisotopic (exact) mass is 427 g/mol. The Balaban J connectivity index is 1.93. The molecule has 0 spiro atoms. The number of carbonyl (C=O) groups is 2. The van der Waals surface area contributed by atoms with Gasteiger partial charge in [0, 0.05) is 19.4 Å². The van der Waals surface area contributed by atoms with Crippen molar-refractivity contribution in [3.05, 3.63) is 64.5 Å². The first-order chi connectivity index (χ1) is 14.7. The third-order valence-electron chi connectivity index (χ3n) is 5.75. The lowest BCUT2D eigenvalue weighted by atomic mass is 9.85. The average Bonchev–Trinajstić information content (AvgIpc) is 2.71. The number of hydrogen-bond acceptors (Lipinski definition) is 4. The van der Waals surface area contributed by atoms with E-state index in [4.69, 9.17) is 4.74 Å². The van der Waals surface area contributed by atoms with E-state index in [0.717, 1.165) is 11.1 Å². The third-order valence-corrected chi connectivity index (χ3v) is 5.75. The zero-order valence-electron chi connectivity index (χ0n) is 18.6. The van der Waals surface area contributed by atoms with E-state index in [1.807, 2.05) is 32.9 Å². The van der Waals surface area contributed by atoms with Crippen molar-refractivity contribution in [2.24, 2.45) is 0 Å². The summed E-state index contributed by atoms with van der Waals surface area (Å²) < 4.78 is 19.9. The van der Waals surface area contributed by atoms with Gasteiger partial charge in [-0.2, -0.15) is 0 Å². The molecule has 5 nitrogen and oxygen atoms in total. The molecular weight excluding hydrogens is 397 g/mol. The number of ether oxygens (including phenoxy) is 1. The summed E-state index contributed by atoms with van der Waals surface area (Å²) in [6, 6.07) is 9.64. The second-order valence-corrected chi connectivity index (χ2v) is 8.99. The van der Waals surface area contributed by atoms with Crippen molar-refractivity contribution in [2.45, 2.75) is 51.5 Å². The van der Waals surface area contributed by atoms with Gasteiger partial charge in [0.05, 0.1) is 13.7 Å². The van der Waals surface area contributed by atoms with E-state index in [1.165, 1.54) is 11.0 Å². The number of fused-ring (bicyclic) bond motifs is 1. The second-order valence-electron chi connectivity index (χ2n) is 8.99. The molecule has 0 aromatic heterocycles. The number of aliphatic hydroxyl groups is 1. The molecule has 0 aliphatic carbocycles. The fraction of sp³-hybridized carbons (Fsp3) is 0.440. The Morgan fingerprint density at radius 3 is 2.55 bits per heavy atom. The first kappa shape index (κ1) is 22.9. The highest BCUT2D eigenvalue weighted by atomic mass is 19.1. The summed E-state index contributed by atoms with van der Waals surface area (Å²) in [7, 11) is 1.58. The van der Waals surface area contributed by atoms with Gasteiger partial charge in [-0.15, -0.1) is 0 Å². The summed E-state index contributed by atoms with van der Waals surface area (Å²) in [5.41, 5.74) is 2.56. The van der Waals surface area contributed by atoms with Crippen LogP contribution in [0.1, 0.15) is 55.5 Å². The van der Waals surface area contributed by atoms with Crippen LogP contribution >= 0.6 is 0 Å². The van der Waals surface area contributed by atoms with Crippen LogP contribution in [-0.2, 0) is 27.8 Å². The van der Waals surface area contributed by atoms with Crippen LogP contribution in [0, 0.1) is 5.82 Å². The Labute approximate surface area is 182 Å². The van der Waals surface area contributed by atoms with E-state index in [-0.39, 0.29) is 42.4 Å². The molecule has 1 heterocycles. The van der Waals surface area contributed by atoms with Crippen LogP contribution in [0.2, 0.25) is 0 Å². The van der Waals surface area contributed by atoms with E-state index in [2.05, 4.69) is 0 Å². The summed E-state index contributed by atoms with van der Waals surface area (Å²) in [5, 5.41) is 9.22. The van der Waals surface area contributed by atoms with Gasteiger partial charge >= 0.3 is 0 Å². The molecule has 1 aliphatic rings. The number of ketones is 1. The van der Waals surface area contributed by atoms with Crippen LogP contribution in [0.4, 0.5) is 4.39 Å². The van der Waals surface area contributed by atoms with Gasteiger partial charge in [-0.25, -0.2) is 4.39 Å². The molecule has 0 fully saturated rings. The molecule has 0 saturated heterocycles. The van der Waals surface area contributed by atoms with Crippen LogP contribution < -0.4 is 4.74 Å². The van der Waals surface area contributed by atoms with Crippen molar-refractivity contribution in [3.8, 4) is 5.75 Å². The topological polar surface area (TPSA) is 66.8 Å². The van der Waals surface area contributed by atoms with Crippen molar-refractivity contribution in [1.29, 1.82) is 0 Å². The molecule has 0 bridgehead atoms. The summed E-state index contributed by atoms with van der Waals surface area (Å²) in [5.74, 6) is -0.0865. The Morgan fingerprint density at radius 2 is 1.94 bits per heavy atom. The molecule has 2 aromatic carbocycles. The number of benzene rings is 2. The number of rotatable bonds is 6. The van der Waals surface area contributed by atoms with Crippen molar-refractivity contribution in [1.82, 2.24) is 4.90 Å². The lowest BCUT2D eigenvalue weighted by Crippen LogP contribution is -2.44. The minimum atomic E-state index is -0.765. The quantitative estimate of drug-likeness (QED) is 0.763. The van der Waals surface area contributed by atoms with Crippen LogP contribution in [0.3, 0.4) is 0 Å². The maximum absolute atomic E-state index is 14.6. The van der Waals surface area contributed by atoms with Crippen LogP contribution in [-0.4, -0.2) is 42.0 Å². The Morgan fingerprint density at radius 1 is 1.19 bits per heavy atom. The lowest BCUT2D eigenvalue weighted by molar-refractivity contribution is -0.140. The van der Waals surface area contributed by atoms with Gasteiger partial charge < -0.3 is 14.7 Å². The van der Waals surface area contributed by atoms with E-state index in [1.54, 1.807) is 25.3 Å². The molecule has 0 saturated carbocycles. The number of carbonyl (C=O) groups excluding carboxylic acids is 2. The summed E-state index contributed by atoms with van der Waals surface area (Å²) >= 11 is 0. The highest BCUT2D eigenvalue weighted by Gasteiger charge is 2.35. The van der Waals surface area contributed by atoms with Gasteiger partial charge in [0.2, 0.25) is 5.91 Å². The van der Waals surface area contributed by atoms with E-state index in [9.17, 15) is 19.1 Å². The smallest absolute Gasteiger partial charge is 0.225 e. The first-order valence-corrected chi connectivity index (χ1v) is 10.5. The van der Waals surface area contributed by atoms with Crippen LogP contribution in [0.15, 0.2) is 36.4 Å². The van der Waals surface area contributed by atoms with E-state index < -0.39 is 6.04 Å². The molecule has 1 aliphatic heterocycles. The molecular formula is C25H30FNO4. The minimum absolute atomic E-state index is 0.0143. The maximum Gasteiger partial charge on any atom is 0.225 e. The summed E-state index contributed by atoms with van der Waals surface area (Å²) in [6.07, 6.45) is 0.576. The number of halogens is 1. The minimum Gasteiger partial charge on any atom is -0.497 e. The normalized spacial score (nSPS) is 16.1. The van der Waals surface area contributed by atoms with Gasteiger partial charge in [-0.1, -0.05) is 39.0 Å². The SMILES string of the molecule is COc1ccc2c(c1)CCN(C(=O)CCO)[C@H]2C(=O)Cc1ccc(C(C)(C)C)c(F)c1. The Bertz CT molecular complexity index is 980.